The highest BCUT2D eigenvalue weighted by Gasteiger charge is 2.19. The Balaban J connectivity index is 1.95. The second-order valence-corrected chi connectivity index (χ2v) is 6.22. The first-order chi connectivity index (χ1) is 10.1. The number of amides is 1. The van der Waals surface area contributed by atoms with Crippen LogP contribution in [0.2, 0.25) is 0 Å². The molecule has 0 aliphatic rings. The van der Waals surface area contributed by atoms with E-state index in [1.54, 1.807) is 11.3 Å². The van der Waals surface area contributed by atoms with Gasteiger partial charge in [0.15, 0.2) is 0 Å². The third kappa shape index (κ3) is 4.37. The molecule has 0 radical (unpaired) electrons. The van der Waals surface area contributed by atoms with Crippen molar-refractivity contribution in [1.82, 2.24) is 10.3 Å². The standard InChI is InChI=1S/C14H16N2O3S2/c1-2-3-11(14(18)19)16-12(17)6-10-8-21-13(15-10)9-4-5-20-7-9/h4-5,7-8,11H,2-3,6H2,1H3,(H,16,17)(H,18,19)/t11-/m0/s1. The molecule has 2 aromatic rings. The third-order valence-electron chi connectivity index (χ3n) is 2.87. The van der Waals surface area contributed by atoms with Crippen molar-refractivity contribution in [3.63, 3.8) is 0 Å². The highest BCUT2D eigenvalue weighted by atomic mass is 32.1. The lowest BCUT2D eigenvalue weighted by Gasteiger charge is -2.12. The number of hydrogen-bond donors (Lipinski definition) is 2. The Morgan fingerprint density at radius 1 is 1.43 bits per heavy atom. The van der Waals surface area contributed by atoms with Gasteiger partial charge in [-0.1, -0.05) is 13.3 Å². The van der Waals surface area contributed by atoms with Crippen molar-refractivity contribution in [2.24, 2.45) is 0 Å². The minimum Gasteiger partial charge on any atom is -0.480 e. The molecule has 0 saturated carbocycles. The highest BCUT2D eigenvalue weighted by Crippen LogP contribution is 2.25. The van der Waals surface area contributed by atoms with E-state index in [4.69, 9.17) is 5.11 Å². The first-order valence-corrected chi connectivity index (χ1v) is 8.41. The fourth-order valence-electron chi connectivity index (χ4n) is 1.86. The number of hydrogen-bond acceptors (Lipinski definition) is 5. The van der Waals surface area contributed by atoms with Crippen LogP contribution in [0.15, 0.2) is 22.2 Å². The second-order valence-electron chi connectivity index (χ2n) is 4.58. The normalized spacial score (nSPS) is 12.0. The SMILES string of the molecule is CCC[C@H](NC(=O)Cc1csc(-c2ccsc2)n1)C(=O)O. The summed E-state index contributed by atoms with van der Waals surface area (Å²) in [4.78, 5) is 27.3. The smallest absolute Gasteiger partial charge is 0.326 e. The predicted octanol–water partition coefficient (Wildman–Crippen LogP) is 2.78. The fraction of sp³-hybridized carbons (Fsp3) is 0.357. The summed E-state index contributed by atoms with van der Waals surface area (Å²) in [6, 6.07) is 1.16. The lowest BCUT2D eigenvalue weighted by Crippen LogP contribution is -2.41. The van der Waals surface area contributed by atoms with Crippen LogP contribution >= 0.6 is 22.7 Å². The van der Waals surface area contributed by atoms with Crippen LogP contribution in [0.3, 0.4) is 0 Å². The molecule has 0 aliphatic heterocycles. The van der Waals surface area contributed by atoms with E-state index in [1.165, 1.54) is 11.3 Å². The summed E-state index contributed by atoms with van der Waals surface area (Å²) in [7, 11) is 0. The Morgan fingerprint density at radius 3 is 2.86 bits per heavy atom. The van der Waals surface area contributed by atoms with Gasteiger partial charge in [0.05, 0.1) is 12.1 Å². The van der Waals surface area contributed by atoms with Gasteiger partial charge in [0, 0.05) is 16.3 Å². The van der Waals surface area contributed by atoms with Crippen molar-refractivity contribution < 1.29 is 14.7 Å². The average Bonchev–Trinajstić information content (AvgIpc) is 3.08. The molecule has 2 rings (SSSR count). The topological polar surface area (TPSA) is 79.3 Å². The first-order valence-electron chi connectivity index (χ1n) is 6.59. The summed E-state index contributed by atoms with van der Waals surface area (Å²) in [5.41, 5.74) is 1.71. The minimum absolute atomic E-state index is 0.105. The molecule has 21 heavy (non-hydrogen) atoms. The van der Waals surface area contributed by atoms with Gasteiger partial charge in [0.1, 0.15) is 11.0 Å². The molecule has 7 heteroatoms. The average molecular weight is 324 g/mol. The van der Waals surface area contributed by atoms with E-state index in [0.29, 0.717) is 18.5 Å². The molecule has 0 spiro atoms. The molecule has 2 aromatic heterocycles. The van der Waals surface area contributed by atoms with Crippen LogP contribution in [0.5, 0.6) is 0 Å². The second kappa shape index (κ2) is 7.33. The number of aromatic nitrogens is 1. The molecule has 2 heterocycles. The number of carboxylic acids is 1. The highest BCUT2D eigenvalue weighted by molar-refractivity contribution is 7.14. The summed E-state index contributed by atoms with van der Waals surface area (Å²) >= 11 is 3.08. The minimum atomic E-state index is -0.998. The lowest BCUT2D eigenvalue weighted by molar-refractivity contribution is -0.141. The van der Waals surface area contributed by atoms with Crippen molar-refractivity contribution >= 4 is 34.6 Å². The van der Waals surface area contributed by atoms with Crippen LogP contribution in [-0.2, 0) is 16.0 Å². The largest absolute Gasteiger partial charge is 0.480 e. The summed E-state index contributed by atoms with van der Waals surface area (Å²) in [5.74, 6) is -1.31. The Hall–Kier alpha value is -1.73. The zero-order valence-corrected chi connectivity index (χ0v) is 13.2. The van der Waals surface area contributed by atoms with Crippen molar-refractivity contribution in [1.29, 1.82) is 0 Å². The molecule has 2 N–H and O–H groups in total. The van der Waals surface area contributed by atoms with Crippen molar-refractivity contribution in [2.75, 3.05) is 0 Å². The van der Waals surface area contributed by atoms with Gasteiger partial charge in [0.2, 0.25) is 5.91 Å². The Morgan fingerprint density at radius 2 is 2.24 bits per heavy atom. The van der Waals surface area contributed by atoms with E-state index in [-0.39, 0.29) is 12.3 Å². The third-order valence-corrected chi connectivity index (χ3v) is 4.50. The number of thiazole rings is 1. The number of carboxylic acid groups (broad SMARTS) is 1. The molecule has 0 aromatic carbocycles. The lowest BCUT2D eigenvalue weighted by atomic mass is 10.1. The quantitative estimate of drug-likeness (QED) is 0.821. The van der Waals surface area contributed by atoms with E-state index in [9.17, 15) is 9.59 Å². The number of rotatable bonds is 7. The zero-order chi connectivity index (χ0) is 15.2. The molecule has 0 bridgehead atoms. The van der Waals surface area contributed by atoms with E-state index >= 15 is 0 Å². The monoisotopic (exact) mass is 324 g/mol. The van der Waals surface area contributed by atoms with Crippen molar-refractivity contribution in [2.45, 2.75) is 32.2 Å². The molecule has 0 fully saturated rings. The number of aliphatic carboxylic acids is 1. The zero-order valence-electron chi connectivity index (χ0n) is 11.5. The molecular formula is C14H16N2O3S2. The predicted molar refractivity (Wildman–Crippen MR) is 83.6 cm³/mol. The van der Waals surface area contributed by atoms with Crippen LogP contribution in [0.25, 0.3) is 10.6 Å². The van der Waals surface area contributed by atoms with Crippen LogP contribution < -0.4 is 5.32 Å². The van der Waals surface area contributed by atoms with Gasteiger partial charge >= 0.3 is 5.97 Å². The van der Waals surface area contributed by atoms with E-state index in [2.05, 4.69) is 10.3 Å². The number of nitrogens with zero attached hydrogens (tertiary/aromatic N) is 1. The molecule has 0 unspecified atom stereocenters. The van der Waals surface area contributed by atoms with Crippen LogP contribution in [0.1, 0.15) is 25.5 Å². The molecule has 112 valence electrons. The summed E-state index contributed by atoms with van der Waals surface area (Å²) in [6.45, 7) is 1.88. The Labute approximate surface area is 130 Å². The van der Waals surface area contributed by atoms with Gasteiger partial charge in [0.25, 0.3) is 0 Å². The first kappa shape index (κ1) is 15.7. The van der Waals surface area contributed by atoms with Gasteiger partial charge in [-0.15, -0.1) is 11.3 Å². The molecular weight excluding hydrogens is 308 g/mol. The van der Waals surface area contributed by atoms with Crippen LogP contribution in [0, 0.1) is 0 Å². The maximum atomic E-state index is 11.9. The van der Waals surface area contributed by atoms with Crippen LogP contribution in [0.4, 0.5) is 0 Å². The maximum absolute atomic E-state index is 11.9. The molecule has 0 aliphatic carbocycles. The summed E-state index contributed by atoms with van der Waals surface area (Å²) < 4.78 is 0. The van der Waals surface area contributed by atoms with Crippen molar-refractivity contribution in [3.8, 4) is 10.6 Å². The van der Waals surface area contributed by atoms with Gasteiger partial charge in [-0.25, -0.2) is 9.78 Å². The van der Waals surface area contributed by atoms with E-state index in [0.717, 1.165) is 10.6 Å². The number of carbonyl (C=O) groups excluding carboxylic acids is 1. The molecule has 1 atom stereocenters. The van der Waals surface area contributed by atoms with E-state index < -0.39 is 12.0 Å². The number of thiophene rings is 1. The molecule has 1 amide bonds. The van der Waals surface area contributed by atoms with E-state index in [1.807, 2.05) is 29.1 Å². The Kier molecular flexibility index (Phi) is 5.46. The summed E-state index contributed by atoms with van der Waals surface area (Å²) in [5, 5.41) is 18.3. The molecule has 5 nitrogen and oxygen atoms in total. The van der Waals surface area contributed by atoms with Crippen molar-refractivity contribution in [3.05, 3.63) is 27.9 Å². The number of nitrogens with one attached hydrogen (secondary N) is 1. The van der Waals surface area contributed by atoms with Gasteiger partial charge in [-0.05, 0) is 17.9 Å². The molecule has 0 saturated heterocycles. The maximum Gasteiger partial charge on any atom is 0.326 e. The van der Waals surface area contributed by atoms with Gasteiger partial charge in [-0.2, -0.15) is 11.3 Å². The Bertz CT molecular complexity index is 608. The van der Waals surface area contributed by atoms with Crippen LogP contribution in [-0.4, -0.2) is 28.0 Å². The van der Waals surface area contributed by atoms with Gasteiger partial charge < -0.3 is 10.4 Å². The van der Waals surface area contributed by atoms with Gasteiger partial charge in [-0.3, -0.25) is 4.79 Å². The number of carbonyl (C=O) groups is 2. The fourth-order valence-corrected chi connectivity index (χ4v) is 3.39. The summed E-state index contributed by atoms with van der Waals surface area (Å²) in [6.07, 6.45) is 1.24.